The number of piperidine rings is 1. The molecule has 1 saturated heterocycles. The van der Waals surface area contributed by atoms with Gasteiger partial charge in [0.2, 0.25) is 0 Å². The van der Waals surface area contributed by atoms with E-state index in [-0.39, 0.29) is 11.7 Å². The van der Waals surface area contributed by atoms with E-state index in [1.807, 2.05) is 38.1 Å². The van der Waals surface area contributed by atoms with Gasteiger partial charge in [-0.3, -0.25) is 14.7 Å². The van der Waals surface area contributed by atoms with Crippen LogP contribution in [-0.2, 0) is 6.54 Å². The van der Waals surface area contributed by atoms with Crippen LogP contribution in [0.3, 0.4) is 0 Å². The van der Waals surface area contributed by atoms with Crippen molar-refractivity contribution in [2.24, 2.45) is 0 Å². The highest BCUT2D eigenvalue weighted by Crippen LogP contribution is 2.28. The third-order valence-electron chi connectivity index (χ3n) is 5.40. The van der Waals surface area contributed by atoms with Gasteiger partial charge in [-0.05, 0) is 69.6 Å². The monoisotopic (exact) mass is 404 g/mol. The number of nitrogens with zero attached hydrogens (tertiary/aromatic N) is 3. The van der Waals surface area contributed by atoms with E-state index in [4.69, 9.17) is 9.72 Å². The largest absolute Gasteiger partial charge is 0.491 e. The number of aromatic amines is 1. The normalized spacial score (nSPS) is 15.4. The molecule has 156 valence electrons. The fourth-order valence-electron chi connectivity index (χ4n) is 3.92. The van der Waals surface area contributed by atoms with Gasteiger partial charge in [0.1, 0.15) is 11.6 Å². The average Bonchev–Trinajstić information content (AvgIpc) is 2.75. The minimum absolute atomic E-state index is 0.106. The molecule has 0 atom stereocenters. The molecule has 3 aromatic rings. The van der Waals surface area contributed by atoms with Crippen molar-refractivity contribution < 1.29 is 4.74 Å². The molecule has 6 heteroatoms. The summed E-state index contributed by atoms with van der Waals surface area (Å²) < 4.78 is 5.72. The number of ether oxygens (including phenoxy) is 1. The maximum Gasteiger partial charge on any atom is 0.251 e. The summed E-state index contributed by atoms with van der Waals surface area (Å²) in [5, 5.41) is 0. The number of aromatic nitrogens is 3. The van der Waals surface area contributed by atoms with Gasteiger partial charge in [0, 0.05) is 36.5 Å². The summed E-state index contributed by atoms with van der Waals surface area (Å²) >= 11 is 0. The molecule has 1 aliphatic heterocycles. The second-order valence-electron chi connectivity index (χ2n) is 8.12. The van der Waals surface area contributed by atoms with Crippen LogP contribution in [0.25, 0.3) is 11.4 Å². The van der Waals surface area contributed by atoms with E-state index in [2.05, 4.69) is 27.0 Å². The van der Waals surface area contributed by atoms with Crippen molar-refractivity contribution in [1.29, 1.82) is 0 Å². The zero-order chi connectivity index (χ0) is 20.9. The minimum atomic E-state index is -0.106. The molecular formula is C24H28N4O2. The van der Waals surface area contributed by atoms with Crippen molar-refractivity contribution in [1.82, 2.24) is 19.9 Å². The zero-order valence-electron chi connectivity index (χ0n) is 17.5. The van der Waals surface area contributed by atoms with Gasteiger partial charge in [-0.1, -0.05) is 12.1 Å². The highest BCUT2D eigenvalue weighted by molar-refractivity contribution is 5.52. The van der Waals surface area contributed by atoms with E-state index in [0.29, 0.717) is 11.7 Å². The number of hydrogen-bond acceptors (Lipinski definition) is 5. The molecule has 0 spiro atoms. The Bertz CT molecular complexity index is 1010. The second kappa shape index (κ2) is 9.22. The Hall–Kier alpha value is -2.99. The molecule has 30 heavy (non-hydrogen) atoms. The molecule has 1 N–H and O–H groups in total. The molecule has 0 saturated carbocycles. The van der Waals surface area contributed by atoms with Crippen molar-refractivity contribution in [3.05, 3.63) is 76.5 Å². The van der Waals surface area contributed by atoms with Gasteiger partial charge >= 0.3 is 0 Å². The maximum absolute atomic E-state index is 12.2. The third kappa shape index (κ3) is 5.13. The summed E-state index contributed by atoms with van der Waals surface area (Å²) in [6.45, 7) is 6.98. The van der Waals surface area contributed by atoms with Gasteiger partial charge in [0.15, 0.2) is 0 Å². The van der Waals surface area contributed by atoms with Gasteiger partial charge in [-0.2, -0.15) is 0 Å². The molecule has 0 unspecified atom stereocenters. The first-order chi connectivity index (χ1) is 14.6. The van der Waals surface area contributed by atoms with Crippen LogP contribution in [-0.4, -0.2) is 39.0 Å². The predicted molar refractivity (Wildman–Crippen MR) is 118 cm³/mol. The van der Waals surface area contributed by atoms with Crippen LogP contribution in [0.1, 0.15) is 43.9 Å². The molecule has 1 aromatic carbocycles. The van der Waals surface area contributed by atoms with E-state index < -0.39 is 0 Å². The lowest BCUT2D eigenvalue weighted by Crippen LogP contribution is -2.33. The summed E-state index contributed by atoms with van der Waals surface area (Å²) in [4.78, 5) is 26.4. The van der Waals surface area contributed by atoms with Crippen molar-refractivity contribution >= 4 is 0 Å². The predicted octanol–water partition coefficient (Wildman–Crippen LogP) is 4.00. The van der Waals surface area contributed by atoms with Gasteiger partial charge in [-0.15, -0.1) is 0 Å². The van der Waals surface area contributed by atoms with Crippen LogP contribution in [0.2, 0.25) is 0 Å². The van der Waals surface area contributed by atoms with Crippen LogP contribution in [0.5, 0.6) is 5.75 Å². The fraction of sp³-hybridized carbons (Fsp3) is 0.375. The van der Waals surface area contributed by atoms with Gasteiger partial charge in [0.25, 0.3) is 5.56 Å². The van der Waals surface area contributed by atoms with Crippen LogP contribution in [0, 0.1) is 0 Å². The summed E-state index contributed by atoms with van der Waals surface area (Å²) in [5.41, 5.74) is 2.90. The molecule has 0 amide bonds. The Morgan fingerprint density at radius 1 is 1.17 bits per heavy atom. The summed E-state index contributed by atoms with van der Waals surface area (Å²) in [6.07, 6.45) is 5.62. The van der Waals surface area contributed by atoms with E-state index >= 15 is 0 Å². The first-order valence-electron chi connectivity index (χ1n) is 10.6. The third-order valence-corrected chi connectivity index (χ3v) is 5.40. The van der Waals surface area contributed by atoms with Gasteiger partial charge in [-0.25, -0.2) is 4.98 Å². The maximum atomic E-state index is 12.2. The number of pyridine rings is 1. The molecule has 0 radical (unpaired) electrons. The van der Waals surface area contributed by atoms with Crippen LogP contribution >= 0.6 is 0 Å². The number of rotatable bonds is 6. The number of nitrogens with one attached hydrogen (secondary N) is 1. The lowest BCUT2D eigenvalue weighted by molar-refractivity contribution is 0.203. The lowest BCUT2D eigenvalue weighted by atomic mass is 9.93. The Labute approximate surface area is 177 Å². The number of hydrogen-bond donors (Lipinski definition) is 1. The second-order valence-corrected chi connectivity index (χ2v) is 8.12. The Balaban J connectivity index is 1.38. The van der Waals surface area contributed by atoms with Crippen molar-refractivity contribution in [2.75, 3.05) is 13.1 Å². The first kappa shape index (κ1) is 20.3. The standard InChI is InChI=1S/C24H28N4O2/c1-17(2)30-21-7-5-18(6-8-21)16-28-12-9-19(10-13-28)22-14-23(29)27-24(26-22)20-4-3-11-25-15-20/h3-8,11,14-15,17,19H,9-10,12-13,16H2,1-2H3,(H,26,27,29). The molecular weight excluding hydrogens is 376 g/mol. The van der Waals surface area contributed by atoms with Gasteiger partial charge < -0.3 is 9.72 Å². The van der Waals surface area contributed by atoms with Crippen molar-refractivity contribution in [3.8, 4) is 17.1 Å². The number of likely N-dealkylation sites (tertiary alicyclic amines) is 1. The van der Waals surface area contributed by atoms with Crippen LogP contribution in [0.4, 0.5) is 0 Å². The highest BCUT2D eigenvalue weighted by atomic mass is 16.5. The van der Waals surface area contributed by atoms with E-state index in [9.17, 15) is 4.79 Å². The average molecular weight is 405 g/mol. The molecule has 1 aliphatic rings. The van der Waals surface area contributed by atoms with Crippen LogP contribution < -0.4 is 10.3 Å². The molecule has 6 nitrogen and oxygen atoms in total. The lowest BCUT2D eigenvalue weighted by Gasteiger charge is -2.31. The topological polar surface area (TPSA) is 71.1 Å². The zero-order valence-corrected chi connectivity index (χ0v) is 17.5. The molecule has 2 aromatic heterocycles. The Morgan fingerprint density at radius 2 is 1.93 bits per heavy atom. The van der Waals surface area contributed by atoms with Crippen molar-refractivity contribution in [2.45, 2.75) is 45.3 Å². The minimum Gasteiger partial charge on any atom is -0.491 e. The van der Waals surface area contributed by atoms with Crippen molar-refractivity contribution in [3.63, 3.8) is 0 Å². The molecule has 0 aliphatic carbocycles. The fourth-order valence-corrected chi connectivity index (χ4v) is 3.92. The Morgan fingerprint density at radius 3 is 2.60 bits per heavy atom. The smallest absolute Gasteiger partial charge is 0.251 e. The number of benzene rings is 1. The van der Waals surface area contributed by atoms with Gasteiger partial charge in [0.05, 0.1) is 11.8 Å². The van der Waals surface area contributed by atoms with E-state index in [1.165, 1.54) is 5.56 Å². The van der Waals surface area contributed by atoms with Crippen LogP contribution in [0.15, 0.2) is 59.7 Å². The van der Waals surface area contributed by atoms with E-state index in [0.717, 1.165) is 49.5 Å². The SMILES string of the molecule is CC(C)Oc1ccc(CN2CCC(c3cc(=O)[nH]c(-c4cccnc4)n3)CC2)cc1. The first-order valence-corrected chi connectivity index (χ1v) is 10.6. The summed E-state index contributed by atoms with van der Waals surface area (Å²) in [5.74, 6) is 1.81. The van der Waals surface area contributed by atoms with E-state index in [1.54, 1.807) is 18.5 Å². The molecule has 0 bridgehead atoms. The quantitative estimate of drug-likeness (QED) is 0.672. The number of H-pyrrole nitrogens is 1. The Kier molecular flexibility index (Phi) is 6.23. The molecule has 3 heterocycles. The summed E-state index contributed by atoms with van der Waals surface area (Å²) in [6, 6.07) is 13.8. The highest BCUT2D eigenvalue weighted by Gasteiger charge is 2.22. The summed E-state index contributed by atoms with van der Waals surface area (Å²) in [7, 11) is 0. The molecule has 4 rings (SSSR count). The molecule has 1 fully saturated rings.